The fraction of sp³-hybridized carbons (Fsp3) is 0.154. The van der Waals surface area contributed by atoms with Crippen LogP contribution >= 0.6 is 12.2 Å². The van der Waals surface area contributed by atoms with Crippen molar-refractivity contribution in [1.82, 2.24) is 10.3 Å². The number of nitrogens with one attached hydrogen (secondary N) is 1. The molecule has 10 heteroatoms. The molecular weight excluding hydrogens is 480 g/mol. The van der Waals surface area contributed by atoms with E-state index in [4.69, 9.17) is 26.1 Å². The summed E-state index contributed by atoms with van der Waals surface area (Å²) >= 11 is 5.77. The molecule has 0 spiro atoms. The summed E-state index contributed by atoms with van der Waals surface area (Å²) in [6.07, 6.45) is 1.72. The van der Waals surface area contributed by atoms with Gasteiger partial charge in [0.2, 0.25) is 0 Å². The van der Waals surface area contributed by atoms with Crippen LogP contribution in [-0.2, 0) is 0 Å². The second-order valence-electron chi connectivity index (χ2n) is 8.01. The summed E-state index contributed by atoms with van der Waals surface area (Å²) in [7, 11) is 3.17. The molecule has 36 heavy (non-hydrogen) atoms. The summed E-state index contributed by atoms with van der Waals surface area (Å²) in [6.45, 7) is 0. The lowest BCUT2D eigenvalue weighted by molar-refractivity contribution is -0.384. The number of nitro benzene ring substituents is 1. The number of nitrogens with zero attached hydrogens (tertiary/aromatic N) is 3. The number of ether oxygens (including phenoxy) is 2. The van der Waals surface area contributed by atoms with Crippen LogP contribution in [0.3, 0.4) is 0 Å². The highest BCUT2D eigenvalue weighted by Crippen LogP contribution is 2.46. The molecule has 3 heterocycles. The van der Waals surface area contributed by atoms with E-state index in [0.717, 1.165) is 5.69 Å². The SMILES string of the molecule is COc1ccc(N2C(=S)N[C@@H](c3ccccn3)[C@@H]2c2ccc(-c3ccccc3[N+](=O)[O-])o2)c(OC)c1. The fourth-order valence-corrected chi connectivity index (χ4v) is 4.72. The third-order valence-electron chi connectivity index (χ3n) is 6.03. The maximum atomic E-state index is 11.6. The topological polar surface area (TPSA) is 103 Å². The van der Waals surface area contributed by atoms with Crippen molar-refractivity contribution >= 4 is 28.7 Å². The quantitative estimate of drug-likeness (QED) is 0.201. The summed E-state index contributed by atoms with van der Waals surface area (Å²) in [6, 6.07) is 20.4. The Morgan fingerprint density at radius 3 is 2.58 bits per heavy atom. The molecule has 0 aliphatic carbocycles. The molecule has 2 atom stereocenters. The normalized spacial score (nSPS) is 17.1. The van der Waals surface area contributed by atoms with Gasteiger partial charge in [-0.1, -0.05) is 18.2 Å². The summed E-state index contributed by atoms with van der Waals surface area (Å²) < 4.78 is 17.3. The summed E-state index contributed by atoms with van der Waals surface area (Å²) in [5.74, 6) is 2.15. The van der Waals surface area contributed by atoms with Crippen molar-refractivity contribution in [3.05, 3.63) is 101 Å². The molecular formula is C26H22N4O5S. The summed E-state index contributed by atoms with van der Waals surface area (Å²) in [5.41, 5.74) is 1.84. The molecule has 2 aromatic carbocycles. The van der Waals surface area contributed by atoms with Gasteiger partial charge in [-0.05, 0) is 54.7 Å². The van der Waals surface area contributed by atoms with E-state index in [1.165, 1.54) is 6.07 Å². The van der Waals surface area contributed by atoms with Gasteiger partial charge in [0.25, 0.3) is 5.69 Å². The van der Waals surface area contributed by atoms with Crippen LogP contribution in [0.25, 0.3) is 11.3 Å². The van der Waals surface area contributed by atoms with Gasteiger partial charge in [-0.2, -0.15) is 0 Å². The third-order valence-corrected chi connectivity index (χ3v) is 6.34. The van der Waals surface area contributed by atoms with Gasteiger partial charge in [0, 0.05) is 18.3 Å². The molecule has 0 unspecified atom stereocenters. The number of furan rings is 1. The van der Waals surface area contributed by atoms with E-state index in [1.807, 2.05) is 41.3 Å². The largest absolute Gasteiger partial charge is 0.497 e. The molecule has 5 rings (SSSR count). The second kappa shape index (κ2) is 9.67. The average molecular weight is 503 g/mol. The van der Waals surface area contributed by atoms with E-state index in [0.29, 0.717) is 39.4 Å². The second-order valence-corrected chi connectivity index (χ2v) is 8.40. The average Bonchev–Trinajstić information content (AvgIpc) is 3.53. The van der Waals surface area contributed by atoms with E-state index in [9.17, 15) is 10.1 Å². The minimum atomic E-state index is -0.453. The number of aromatic nitrogens is 1. The van der Waals surface area contributed by atoms with Crippen LogP contribution in [0.2, 0.25) is 0 Å². The lowest BCUT2D eigenvalue weighted by Crippen LogP contribution is -2.29. The highest BCUT2D eigenvalue weighted by molar-refractivity contribution is 7.80. The van der Waals surface area contributed by atoms with Gasteiger partial charge in [-0.3, -0.25) is 15.1 Å². The number of methoxy groups -OCH3 is 2. The molecule has 4 aromatic rings. The summed E-state index contributed by atoms with van der Waals surface area (Å²) in [4.78, 5) is 17.6. The van der Waals surface area contributed by atoms with Gasteiger partial charge in [0.15, 0.2) is 5.11 Å². The Morgan fingerprint density at radius 1 is 1.06 bits per heavy atom. The van der Waals surface area contributed by atoms with Crippen molar-refractivity contribution in [2.24, 2.45) is 0 Å². The van der Waals surface area contributed by atoms with Crippen molar-refractivity contribution in [3.63, 3.8) is 0 Å². The lowest BCUT2D eigenvalue weighted by atomic mass is 10.0. The van der Waals surface area contributed by atoms with Gasteiger partial charge in [0.05, 0.1) is 42.1 Å². The van der Waals surface area contributed by atoms with E-state index >= 15 is 0 Å². The van der Waals surface area contributed by atoms with Crippen LogP contribution in [-0.4, -0.2) is 29.2 Å². The molecule has 2 aromatic heterocycles. The van der Waals surface area contributed by atoms with Crippen molar-refractivity contribution < 1.29 is 18.8 Å². The van der Waals surface area contributed by atoms with Crippen LogP contribution < -0.4 is 19.7 Å². The van der Waals surface area contributed by atoms with Gasteiger partial charge < -0.3 is 24.1 Å². The van der Waals surface area contributed by atoms with Crippen LogP contribution in [0.15, 0.2) is 83.4 Å². The molecule has 1 aliphatic rings. The van der Waals surface area contributed by atoms with Crippen LogP contribution in [0.1, 0.15) is 23.5 Å². The van der Waals surface area contributed by atoms with Crippen LogP contribution in [0, 0.1) is 10.1 Å². The predicted octanol–water partition coefficient (Wildman–Crippen LogP) is 5.44. The van der Waals surface area contributed by atoms with Crippen molar-refractivity contribution in [1.29, 1.82) is 0 Å². The Labute approximate surface area is 212 Å². The smallest absolute Gasteiger partial charge is 0.280 e. The molecule has 9 nitrogen and oxygen atoms in total. The van der Waals surface area contributed by atoms with Gasteiger partial charge >= 0.3 is 0 Å². The van der Waals surface area contributed by atoms with Crippen molar-refractivity contribution in [2.45, 2.75) is 12.1 Å². The van der Waals surface area contributed by atoms with E-state index in [-0.39, 0.29) is 11.7 Å². The highest BCUT2D eigenvalue weighted by Gasteiger charge is 2.43. The summed E-state index contributed by atoms with van der Waals surface area (Å²) in [5, 5.41) is 15.4. The number of anilines is 1. The van der Waals surface area contributed by atoms with Gasteiger partial charge in [-0.15, -0.1) is 0 Å². The van der Waals surface area contributed by atoms with Crippen molar-refractivity contribution in [2.75, 3.05) is 19.1 Å². The Kier molecular flexibility index (Phi) is 6.26. The maximum absolute atomic E-state index is 11.6. The monoisotopic (exact) mass is 502 g/mol. The number of nitro groups is 1. The van der Waals surface area contributed by atoms with Crippen LogP contribution in [0.5, 0.6) is 11.5 Å². The molecule has 0 bridgehead atoms. The zero-order chi connectivity index (χ0) is 25.2. The fourth-order valence-electron chi connectivity index (χ4n) is 4.38. The molecule has 1 aliphatic heterocycles. The number of benzene rings is 2. The van der Waals surface area contributed by atoms with Gasteiger partial charge in [-0.25, -0.2) is 0 Å². The maximum Gasteiger partial charge on any atom is 0.280 e. The van der Waals surface area contributed by atoms with E-state index in [1.54, 1.807) is 50.7 Å². The zero-order valence-electron chi connectivity index (χ0n) is 19.5. The number of para-hydroxylation sites is 1. The standard InChI is InChI=1S/C26H22N4O5S/c1-33-16-10-11-20(23(15-16)34-2)29-25(24(28-26(29)36)18-8-5-6-14-27-18)22-13-12-21(35-22)17-7-3-4-9-19(17)30(31)32/h3-15,24-25H,1-2H3,(H,28,36)/t24-,25-/m0/s1. The Morgan fingerprint density at radius 2 is 1.86 bits per heavy atom. The van der Waals surface area contributed by atoms with Gasteiger partial charge in [0.1, 0.15) is 29.1 Å². The molecule has 0 amide bonds. The molecule has 1 N–H and O–H groups in total. The Bertz CT molecular complexity index is 1420. The number of hydrogen-bond acceptors (Lipinski definition) is 7. The molecule has 182 valence electrons. The first-order valence-corrected chi connectivity index (χ1v) is 11.5. The third kappa shape index (κ3) is 4.11. The molecule has 1 fully saturated rings. The number of rotatable bonds is 7. The number of thiocarbonyl (C=S) groups is 1. The molecule has 1 saturated heterocycles. The minimum absolute atomic E-state index is 0.0339. The first-order valence-electron chi connectivity index (χ1n) is 11.1. The van der Waals surface area contributed by atoms with E-state index < -0.39 is 11.0 Å². The number of pyridine rings is 1. The zero-order valence-corrected chi connectivity index (χ0v) is 20.3. The molecule has 0 saturated carbocycles. The Balaban J connectivity index is 1.64. The molecule has 0 radical (unpaired) electrons. The Hall–Kier alpha value is -4.44. The van der Waals surface area contributed by atoms with Crippen molar-refractivity contribution in [3.8, 4) is 22.8 Å². The van der Waals surface area contributed by atoms with Crippen LogP contribution in [0.4, 0.5) is 11.4 Å². The van der Waals surface area contributed by atoms with E-state index in [2.05, 4.69) is 10.3 Å². The minimum Gasteiger partial charge on any atom is -0.497 e. The lowest BCUT2D eigenvalue weighted by Gasteiger charge is -2.27. The first-order chi connectivity index (χ1) is 17.5. The highest BCUT2D eigenvalue weighted by atomic mass is 32.1. The first kappa shape index (κ1) is 23.3. The predicted molar refractivity (Wildman–Crippen MR) is 138 cm³/mol. The number of hydrogen-bond donors (Lipinski definition) is 1.